The normalized spacial score (nSPS) is 10.6. The Morgan fingerprint density at radius 3 is 3.00 bits per heavy atom. The molecule has 20 heavy (non-hydrogen) atoms. The van der Waals surface area contributed by atoms with Gasteiger partial charge in [0.25, 0.3) is 5.91 Å². The molecule has 106 valence electrons. The molecule has 0 saturated carbocycles. The molecule has 2 heterocycles. The zero-order valence-electron chi connectivity index (χ0n) is 11.3. The molecule has 2 aromatic rings. The molecule has 0 aliphatic carbocycles. The van der Waals surface area contributed by atoms with Crippen molar-refractivity contribution >= 4 is 33.6 Å². The number of hydrogen-bond donors (Lipinski definition) is 1. The van der Waals surface area contributed by atoms with Crippen LogP contribution in [-0.2, 0) is 13.6 Å². The molecule has 1 amide bonds. The quantitative estimate of drug-likeness (QED) is 0.838. The fourth-order valence-corrected chi connectivity index (χ4v) is 2.99. The third-order valence-electron chi connectivity index (χ3n) is 2.56. The molecule has 0 saturated heterocycles. The SMILES string of the molecule is CCSc1cccnc1C(=O)NCc1nn(C)cc1Br. The Hall–Kier alpha value is -1.34. The first-order valence-electron chi connectivity index (χ1n) is 6.15. The van der Waals surface area contributed by atoms with Gasteiger partial charge in [0.2, 0.25) is 0 Å². The Kier molecular flexibility index (Phi) is 5.19. The van der Waals surface area contributed by atoms with Gasteiger partial charge in [-0.3, -0.25) is 9.48 Å². The summed E-state index contributed by atoms with van der Waals surface area (Å²) in [5, 5.41) is 7.11. The van der Waals surface area contributed by atoms with Gasteiger partial charge in [0.05, 0.1) is 16.7 Å². The second kappa shape index (κ2) is 6.90. The Morgan fingerprint density at radius 2 is 2.35 bits per heavy atom. The second-order valence-electron chi connectivity index (χ2n) is 4.06. The molecule has 1 N–H and O–H groups in total. The lowest BCUT2D eigenvalue weighted by atomic mass is 10.3. The van der Waals surface area contributed by atoms with E-state index < -0.39 is 0 Å². The number of rotatable bonds is 5. The van der Waals surface area contributed by atoms with Crippen LogP contribution in [0.2, 0.25) is 0 Å². The number of thioether (sulfide) groups is 1. The molecule has 0 aliphatic heterocycles. The van der Waals surface area contributed by atoms with Crippen molar-refractivity contribution < 1.29 is 4.79 Å². The summed E-state index contributed by atoms with van der Waals surface area (Å²) in [6, 6.07) is 3.75. The van der Waals surface area contributed by atoms with Gasteiger partial charge in [-0.15, -0.1) is 11.8 Å². The van der Waals surface area contributed by atoms with Crippen molar-refractivity contribution in [2.24, 2.45) is 7.05 Å². The molecular formula is C13H15BrN4OS. The van der Waals surface area contributed by atoms with E-state index in [1.165, 1.54) is 0 Å². The summed E-state index contributed by atoms with van der Waals surface area (Å²) in [4.78, 5) is 17.3. The van der Waals surface area contributed by atoms with E-state index in [0.717, 1.165) is 20.8 Å². The van der Waals surface area contributed by atoms with Crippen LogP contribution >= 0.6 is 27.7 Å². The molecule has 0 fully saturated rings. The molecule has 0 bridgehead atoms. The fraction of sp³-hybridized carbons (Fsp3) is 0.308. The molecule has 0 aromatic carbocycles. The summed E-state index contributed by atoms with van der Waals surface area (Å²) in [6.45, 7) is 2.41. The second-order valence-corrected chi connectivity index (χ2v) is 6.22. The molecule has 0 aliphatic rings. The molecular weight excluding hydrogens is 340 g/mol. The van der Waals surface area contributed by atoms with Crippen LogP contribution in [0.3, 0.4) is 0 Å². The monoisotopic (exact) mass is 354 g/mol. The summed E-state index contributed by atoms with van der Waals surface area (Å²) in [7, 11) is 1.84. The minimum atomic E-state index is -0.181. The Labute approximate surface area is 130 Å². The molecule has 0 radical (unpaired) electrons. The number of pyridine rings is 1. The van der Waals surface area contributed by atoms with Crippen LogP contribution in [0.4, 0.5) is 0 Å². The minimum Gasteiger partial charge on any atom is -0.345 e. The molecule has 2 rings (SSSR count). The van der Waals surface area contributed by atoms with Crippen molar-refractivity contribution in [1.29, 1.82) is 0 Å². The lowest BCUT2D eigenvalue weighted by Crippen LogP contribution is -2.25. The predicted octanol–water partition coefficient (Wildman–Crippen LogP) is 2.62. The maximum Gasteiger partial charge on any atom is 0.271 e. The summed E-state index contributed by atoms with van der Waals surface area (Å²) in [6.07, 6.45) is 3.48. The van der Waals surface area contributed by atoms with E-state index in [-0.39, 0.29) is 5.91 Å². The zero-order chi connectivity index (χ0) is 14.5. The van der Waals surface area contributed by atoms with E-state index in [0.29, 0.717) is 12.2 Å². The maximum atomic E-state index is 12.2. The van der Waals surface area contributed by atoms with E-state index in [1.807, 2.05) is 32.3 Å². The standard InChI is InChI=1S/C13H15BrN4OS/c1-3-20-11-5-4-6-15-12(11)13(19)16-7-10-9(14)8-18(2)17-10/h4-6,8H,3,7H2,1-2H3,(H,16,19). The average molecular weight is 355 g/mol. The van der Waals surface area contributed by atoms with E-state index in [1.54, 1.807) is 22.6 Å². The number of aromatic nitrogens is 3. The first-order valence-corrected chi connectivity index (χ1v) is 7.93. The van der Waals surface area contributed by atoms with Gasteiger partial charge >= 0.3 is 0 Å². The number of amides is 1. The lowest BCUT2D eigenvalue weighted by Gasteiger charge is -2.07. The van der Waals surface area contributed by atoms with Gasteiger partial charge in [-0.05, 0) is 33.8 Å². The van der Waals surface area contributed by atoms with Crippen molar-refractivity contribution in [1.82, 2.24) is 20.1 Å². The number of nitrogens with zero attached hydrogens (tertiary/aromatic N) is 3. The number of carbonyl (C=O) groups is 1. The number of aryl methyl sites for hydroxylation is 1. The van der Waals surface area contributed by atoms with Crippen LogP contribution in [-0.4, -0.2) is 26.4 Å². The van der Waals surface area contributed by atoms with Crippen LogP contribution in [0, 0.1) is 0 Å². The predicted molar refractivity (Wildman–Crippen MR) is 82.7 cm³/mol. The summed E-state index contributed by atoms with van der Waals surface area (Å²) < 4.78 is 2.58. The molecule has 0 spiro atoms. The molecule has 0 unspecified atom stereocenters. The van der Waals surface area contributed by atoms with E-state index >= 15 is 0 Å². The molecule has 2 aromatic heterocycles. The fourth-order valence-electron chi connectivity index (χ4n) is 1.71. The van der Waals surface area contributed by atoms with Gasteiger partial charge in [0, 0.05) is 24.3 Å². The van der Waals surface area contributed by atoms with Crippen LogP contribution in [0.25, 0.3) is 0 Å². The highest BCUT2D eigenvalue weighted by molar-refractivity contribution is 9.10. The summed E-state index contributed by atoms with van der Waals surface area (Å²) >= 11 is 5.02. The first-order chi connectivity index (χ1) is 9.61. The van der Waals surface area contributed by atoms with Crippen LogP contribution in [0.5, 0.6) is 0 Å². The Bertz CT molecular complexity index is 614. The van der Waals surface area contributed by atoms with Gasteiger partial charge in [-0.2, -0.15) is 5.10 Å². The number of nitrogens with one attached hydrogen (secondary N) is 1. The Morgan fingerprint density at radius 1 is 1.55 bits per heavy atom. The topological polar surface area (TPSA) is 59.8 Å². The van der Waals surface area contributed by atoms with Crippen molar-refractivity contribution in [2.45, 2.75) is 18.4 Å². The third kappa shape index (κ3) is 3.61. The van der Waals surface area contributed by atoms with Crippen molar-refractivity contribution in [2.75, 3.05) is 5.75 Å². The highest BCUT2D eigenvalue weighted by Gasteiger charge is 2.13. The van der Waals surface area contributed by atoms with E-state index in [2.05, 4.69) is 31.3 Å². The molecule has 0 atom stereocenters. The van der Waals surface area contributed by atoms with Gasteiger partial charge in [-0.25, -0.2) is 4.98 Å². The number of carbonyl (C=O) groups excluding carboxylic acids is 1. The summed E-state index contributed by atoms with van der Waals surface area (Å²) in [5.41, 5.74) is 1.26. The van der Waals surface area contributed by atoms with Gasteiger partial charge < -0.3 is 5.32 Å². The first kappa shape index (κ1) is 15.1. The van der Waals surface area contributed by atoms with Gasteiger partial charge in [0.1, 0.15) is 5.69 Å². The number of hydrogen-bond acceptors (Lipinski definition) is 4. The minimum absolute atomic E-state index is 0.181. The van der Waals surface area contributed by atoms with Crippen molar-refractivity contribution in [3.63, 3.8) is 0 Å². The molecule has 7 heteroatoms. The Balaban J connectivity index is 2.07. The smallest absolute Gasteiger partial charge is 0.271 e. The largest absolute Gasteiger partial charge is 0.345 e. The van der Waals surface area contributed by atoms with Gasteiger partial charge in [0.15, 0.2) is 0 Å². The van der Waals surface area contributed by atoms with Gasteiger partial charge in [-0.1, -0.05) is 6.92 Å². The number of halogens is 1. The van der Waals surface area contributed by atoms with E-state index in [9.17, 15) is 4.79 Å². The maximum absolute atomic E-state index is 12.2. The van der Waals surface area contributed by atoms with Crippen LogP contribution in [0.15, 0.2) is 33.9 Å². The summed E-state index contributed by atoms with van der Waals surface area (Å²) in [5.74, 6) is 0.719. The van der Waals surface area contributed by atoms with E-state index in [4.69, 9.17) is 0 Å². The van der Waals surface area contributed by atoms with Crippen molar-refractivity contribution in [3.8, 4) is 0 Å². The highest BCUT2D eigenvalue weighted by Crippen LogP contribution is 2.20. The zero-order valence-corrected chi connectivity index (χ0v) is 13.7. The van der Waals surface area contributed by atoms with Crippen molar-refractivity contribution in [3.05, 3.63) is 40.4 Å². The molecule has 5 nitrogen and oxygen atoms in total. The average Bonchev–Trinajstić information content (AvgIpc) is 2.75. The third-order valence-corrected chi connectivity index (χ3v) is 4.15. The lowest BCUT2D eigenvalue weighted by molar-refractivity contribution is 0.0942. The van der Waals surface area contributed by atoms with Crippen LogP contribution in [0.1, 0.15) is 23.1 Å². The highest BCUT2D eigenvalue weighted by atomic mass is 79.9. The van der Waals surface area contributed by atoms with Crippen LogP contribution < -0.4 is 5.32 Å².